The van der Waals surface area contributed by atoms with Crippen LogP contribution in [0.5, 0.6) is 0 Å². The van der Waals surface area contributed by atoms with Crippen LogP contribution in [0.4, 0.5) is 11.1 Å². The van der Waals surface area contributed by atoms with Crippen molar-refractivity contribution in [2.45, 2.75) is 6.92 Å². The van der Waals surface area contributed by atoms with Crippen molar-refractivity contribution in [1.29, 1.82) is 0 Å². The lowest BCUT2D eigenvalue weighted by molar-refractivity contribution is 0.101. The van der Waals surface area contributed by atoms with E-state index in [4.69, 9.17) is 4.42 Å². The van der Waals surface area contributed by atoms with Crippen LogP contribution in [0.2, 0.25) is 0 Å². The number of nitrogens with one attached hydrogen (secondary N) is 2. The van der Waals surface area contributed by atoms with Gasteiger partial charge in [0.25, 0.3) is 11.8 Å². The van der Waals surface area contributed by atoms with E-state index in [1.165, 1.54) is 28.9 Å². The van der Waals surface area contributed by atoms with Crippen LogP contribution in [0, 0.1) is 6.92 Å². The zero-order valence-corrected chi connectivity index (χ0v) is 15.1. The first-order valence-electron chi connectivity index (χ1n) is 7.57. The lowest BCUT2D eigenvalue weighted by atomic mass is 10.2. The van der Waals surface area contributed by atoms with E-state index in [0.717, 1.165) is 15.8 Å². The molecule has 4 rings (SSSR count). The molecule has 0 radical (unpaired) electrons. The summed E-state index contributed by atoms with van der Waals surface area (Å²) in [5.74, 6) is -0.795. The summed E-state index contributed by atoms with van der Waals surface area (Å²) >= 11 is 2.68. The third kappa shape index (κ3) is 3.35. The summed E-state index contributed by atoms with van der Waals surface area (Å²) in [4.78, 5) is 33.2. The van der Waals surface area contributed by atoms with Gasteiger partial charge < -0.3 is 4.42 Å². The third-order valence-corrected chi connectivity index (χ3v) is 5.27. The van der Waals surface area contributed by atoms with E-state index in [0.29, 0.717) is 10.0 Å². The third-order valence-electron chi connectivity index (χ3n) is 3.47. The second-order valence-corrected chi connectivity index (χ2v) is 7.39. The van der Waals surface area contributed by atoms with Crippen molar-refractivity contribution in [1.82, 2.24) is 9.97 Å². The van der Waals surface area contributed by atoms with E-state index >= 15 is 0 Å². The number of carbonyl (C=O) groups is 2. The number of nitrogens with zero attached hydrogens (tertiary/aromatic N) is 2. The Morgan fingerprint density at radius 2 is 2.00 bits per heavy atom. The van der Waals surface area contributed by atoms with Gasteiger partial charge in [-0.2, -0.15) is 4.98 Å². The van der Waals surface area contributed by atoms with Gasteiger partial charge in [-0.15, -0.1) is 11.3 Å². The smallest absolute Gasteiger partial charge is 0.302 e. The number of thiophene rings is 1. The Labute approximate surface area is 155 Å². The number of fused-ring (bicyclic) bond motifs is 1. The van der Waals surface area contributed by atoms with Crippen molar-refractivity contribution in [2.75, 3.05) is 10.6 Å². The summed E-state index contributed by atoms with van der Waals surface area (Å²) in [6.07, 6.45) is 1.19. The molecule has 9 heteroatoms. The maximum atomic E-state index is 12.3. The van der Waals surface area contributed by atoms with Crippen molar-refractivity contribution in [3.05, 3.63) is 58.1 Å². The molecule has 0 aliphatic heterocycles. The molecule has 2 amide bonds. The zero-order chi connectivity index (χ0) is 18.1. The summed E-state index contributed by atoms with van der Waals surface area (Å²) in [6.45, 7) is 2.00. The van der Waals surface area contributed by atoms with Crippen molar-refractivity contribution in [3.63, 3.8) is 0 Å². The first-order chi connectivity index (χ1) is 12.6. The van der Waals surface area contributed by atoms with Crippen LogP contribution in [0.15, 0.2) is 46.4 Å². The zero-order valence-electron chi connectivity index (χ0n) is 13.5. The average molecular weight is 384 g/mol. The Hall–Kier alpha value is -3.04. The van der Waals surface area contributed by atoms with E-state index in [-0.39, 0.29) is 17.6 Å². The number of carbonyl (C=O) groups excluding carboxylic acids is 2. The molecule has 0 saturated carbocycles. The van der Waals surface area contributed by atoms with E-state index in [1.54, 1.807) is 17.5 Å². The molecule has 1 aromatic carbocycles. The number of aromatic nitrogens is 2. The van der Waals surface area contributed by atoms with Crippen LogP contribution in [-0.2, 0) is 0 Å². The number of anilines is 2. The Bertz CT molecular complexity index is 1100. The first kappa shape index (κ1) is 16.4. The standard InChI is InChI=1S/C17H12N4O3S2/c1-9-4-5-10-13(7-9)26-17(19-10)21-14(22)11-8-24-16(18-11)20-15(23)12-3-2-6-25-12/h2-8H,1H3,(H,18,20,23)(H,19,21,22). The van der Waals surface area contributed by atoms with Gasteiger partial charge in [0.05, 0.1) is 15.1 Å². The predicted molar refractivity (Wildman–Crippen MR) is 101 cm³/mol. The largest absolute Gasteiger partial charge is 0.431 e. The van der Waals surface area contributed by atoms with Crippen LogP contribution in [-0.4, -0.2) is 21.8 Å². The Morgan fingerprint density at radius 3 is 2.81 bits per heavy atom. The minimum atomic E-state index is -0.457. The number of hydrogen-bond donors (Lipinski definition) is 2. The number of benzene rings is 1. The second kappa shape index (κ2) is 6.70. The molecule has 0 bridgehead atoms. The van der Waals surface area contributed by atoms with Crippen LogP contribution in [0.3, 0.4) is 0 Å². The van der Waals surface area contributed by atoms with Gasteiger partial charge in [0.15, 0.2) is 10.8 Å². The summed E-state index contributed by atoms with van der Waals surface area (Å²) in [5.41, 5.74) is 2.00. The lowest BCUT2D eigenvalue weighted by Crippen LogP contribution is -2.13. The SMILES string of the molecule is Cc1ccc2nc(NC(=O)c3coc(NC(=O)c4cccs4)n3)sc2c1. The Morgan fingerprint density at radius 1 is 1.12 bits per heavy atom. The summed E-state index contributed by atoms with van der Waals surface area (Å²) in [7, 11) is 0. The monoisotopic (exact) mass is 384 g/mol. The van der Waals surface area contributed by atoms with Crippen LogP contribution in [0.25, 0.3) is 10.2 Å². The van der Waals surface area contributed by atoms with Gasteiger partial charge in [-0.1, -0.05) is 23.5 Å². The average Bonchev–Trinajstić information content (AvgIpc) is 3.34. The molecule has 0 aliphatic rings. The molecule has 130 valence electrons. The Kier molecular flexibility index (Phi) is 4.23. The van der Waals surface area contributed by atoms with Crippen molar-refractivity contribution in [3.8, 4) is 0 Å². The number of thiazole rings is 1. The van der Waals surface area contributed by atoms with E-state index in [2.05, 4.69) is 20.6 Å². The van der Waals surface area contributed by atoms with Crippen LogP contribution >= 0.6 is 22.7 Å². The van der Waals surface area contributed by atoms with Crippen LogP contribution < -0.4 is 10.6 Å². The van der Waals surface area contributed by atoms with Gasteiger partial charge in [0, 0.05) is 0 Å². The van der Waals surface area contributed by atoms with E-state index in [9.17, 15) is 9.59 Å². The molecule has 0 unspecified atom stereocenters. The number of aryl methyl sites for hydroxylation is 1. The molecule has 0 spiro atoms. The lowest BCUT2D eigenvalue weighted by Gasteiger charge is -1.97. The summed E-state index contributed by atoms with van der Waals surface area (Å²) < 4.78 is 6.14. The fraction of sp³-hybridized carbons (Fsp3) is 0.0588. The number of rotatable bonds is 4. The van der Waals surface area contributed by atoms with Gasteiger partial charge in [-0.3, -0.25) is 20.2 Å². The molecule has 7 nitrogen and oxygen atoms in total. The van der Waals surface area contributed by atoms with Gasteiger partial charge in [-0.05, 0) is 36.1 Å². The normalized spacial score (nSPS) is 10.8. The minimum Gasteiger partial charge on any atom is -0.431 e. The maximum absolute atomic E-state index is 12.3. The highest BCUT2D eigenvalue weighted by atomic mass is 32.1. The highest BCUT2D eigenvalue weighted by molar-refractivity contribution is 7.22. The Balaban J connectivity index is 1.46. The maximum Gasteiger partial charge on any atom is 0.302 e. The van der Waals surface area contributed by atoms with Crippen LogP contribution in [0.1, 0.15) is 25.7 Å². The van der Waals surface area contributed by atoms with E-state index < -0.39 is 5.91 Å². The number of oxazole rings is 1. The van der Waals surface area contributed by atoms with Crippen molar-refractivity contribution in [2.24, 2.45) is 0 Å². The molecule has 2 N–H and O–H groups in total. The van der Waals surface area contributed by atoms with Crippen molar-refractivity contribution >= 4 is 55.9 Å². The molecular weight excluding hydrogens is 372 g/mol. The summed E-state index contributed by atoms with van der Waals surface area (Å²) in [6, 6.07) is 9.31. The minimum absolute atomic E-state index is 0.0338. The van der Waals surface area contributed by atoms with Crippen molar-refractivity contribution < 1.29 is 14.0 Å². The first-order valence-corrected chi connectivity index (χ1v) is 9.27. The highest BCUT2D eigenvalue weighted by Gasteiger charge is 2.16. The molecule has 26 heavy (non-hydrogen) atoms. The molecule has 0 saturated heterocycles. The highest BCUT2D eigenvalue weighted by Crippen LogP contribution is 2.27. The van der Waals surface area contributed by atoms with Gasteiger partial charge in [-0.25, -0.2) is 4.98 Å². The molecule has 3 heterocycles. The second-order valence-electron chi connectivity index (χ2n) is 5.41. The fourth-order valence-corrected chi connectivity index (χ4v) is 3.83. The van der Waals surface area contributed by atoms with Gasteiger partial charge in [0.2, 0.25) is 0 Å². The molecule has 0 atom stereocenters. The van der Waals surface area contributed by atoms with Gasteiger partial charge >= 0.3 is 6.01 Å². The number of amides is 2. The molecule has 4 aromatic rings. The fourth-order valence-electron chi connectivity index (χ4n) is 2.25. The van der Waals surface area contributed by atoms with E-state index in [1.807, 2.05) is 25.1 Å². The quantitative estimate of drug-likeness (QED) is 0.551. The molecule has 0 fully saturated rings. The predicted octanol–water partition coefficient (Wildman–Crippen LogP) is 4.16. The topological polar surface area (TPSA) is 97.1 Å². The summed E-state index contributed by atoms with van der Waals surface area (Å²) in [5, 5.41) is 7.48. The molecule has 3 aromatic heterocycles. The van der Waals surface area contributed by atoms with Gasteiger partial charge in [0.1, 0.15) is 6.26 Å². The number of hydrogen-bond acceptors (Lipinski definition) is 7. The molecular formula is C17H12N4O3S2. The molecule has 0 aliphatic carbocycles.